The Morgan fingerprint density at radius 3 is 2.76 bits per heavy atom. The second-order valence-corrected chi connectivity index (χ2v) is 7.08. The number of hydrogen-bond donors (Lipinski definition) is 1. The third kappa shape index (κ3) is 4.81. The van der Waals surface area contributed by atoms with Crippen molar-refractivity contribution in [1.82, 2.24) is 5.32 Å². The van der Waals surface area contributed by atoms with E-state index in [0.29, 0.717) is 35.0 Å². The Kier molecular flexibility index (Phi) is 5.68. The number of carbonyl (C=O) groups is 2. The van der Waals surface area contributed by atoms with E-state index in [9.17, 15) is 9.59 Å². The van der Waals surface area contributed by atoms with E-state index in [1.807, 2.05) is 30.3 Å². The number of benzene rings is 1. The van der Waals surface area contributed by atoms with Gasteiger partial charge in [-0.1, -0.05) is 23.7 Å². The Balaban J connectivity index is 1.48. The average molecular weight is 374 g/mol. The van der Waals surface area contributed by atoms with E-state index in [2.05, 4.69) is 5.32 Å². The summed E-state index contributed by atoms with van der Waals surface area (Å²) < 4.78 is 5.12. The van der Waals surface area contributed by atoms with E-state index >= 15 is 0 Å². The summed E-state index contributed by atoms with van der Waals surface area (Å²) in [5.74, 6) is 0.139. The number of ketones is 1. The van der Waals surface area contributed by atoms with Crippen molar-refractivity contribution in [2.24, 2.45) is 0 Å². The predicted octanol–water partition coefficient (Wildman–Crippen LogP) is 4.47. The zero-order valence-corrected chi connectivity index (χ0v) is 14.9. The molecule has 2 aromatic heterocycles. The number of rotatable bonds is 7. The van der Waals surface area contributed by atoms with Crippen LogP contribution in [0.25, 0.3) is 0 Å². The van der Waals surface area contributed by atoms with Crippen LogP contribution < -0.4 is 5.32 Å². The number of furan rings is 1. The van der Waals surface area contributed by atoms with E-state index in [4.69, 9.17) is 16.0 Å². The number of aryl methyl sites for hydroxylation is 1. The molecule has 0 saturated carbocycles. The van der Waals surface area contributed by atoms with Gasteiger partial charge in [0.1, 0.15) is 0 Å². The smallest absolute Gasteiger partial charge is 0.238 e. The van der Waals surface area contributed by atoms with E-state index in [0.717, 1.165) is 10.4 Å². The summed E-state index contributed by atoms with van der Waals surface area (Å²) >= 11 is 7.29. The first-order valence-corrected chi connectivity index (χ1v) is 8.99. The molecule has 6 heteroatoms. The summed E-state index contributed by atoms with van der Waals surface area (Å²) in [6, 6.07) is 14.4. The molecule has 1 aromatic carbocycles. The fraction of sp³-hybridized carbons (Fsp3) is 0.158. The van der Waals surface area contributed by atoms with Gasteiger partial charge in [-0.3, -0.25) is 9.59 Å². The summed E-state index contributed by atoms with van der Waals surface area (Å²) in [5.41, 5.74) is 1.03. The molecule has 3 aromatic rings. The van der Waals surface area contributed by atoms with Crippen LogP contribution in [0.2, 0.25) is 5.02 Å². The topological polar surface area (TPSA) is 59.3 Å². The molecular weight excluding hydrogens is 358 g/mol. The molecule has 128 valence electrons. The minimum absolute atomic E-state index is 0.0349. The number of carbonyl (C=O) groups excluding carboxylic acids is 2. The van der Waals surface area contributed by atoms with Crippen LogP contribution in [-0.4, -0.2) is 11.7 Å². The molecule has 0 unspecified atom stereocenters. The molecule has 0 spiro atoms. The van der Waals surface area contributed by atoms with Gasteiger partial charge in [0, 0.05) is 16.3 Å². The van der Waals surface area contributed by atoms with Gasteiger partial charge in [0.15, 0.2) is 5.76 Å². The average Bonchev–Trinajstić information content (AvgIpc) is 3.29. The maximum Gasteiger partial charge on any atom is 0.238 e. The van der Waals surface area contributed by atoms with Crippen molar-refractivity contribution in [3.05, 3.63) is 80.9 Å². The highest BCUT2D eigenvalue weighted by molar-refractivity contribution is 7.14. The zero-order chi connectivity index (χ0) is 17.6. The van der Waals surface area contributed by atoms with Crippen LogP contribution in [0.3, 0.4) is 0 Å². The number of thiophene rings is 1. The molecule has 3 rings (SSSR count). The third-order valence-electron chi connectivity index (χ3n) is 3.62. The fourth-order valence-electron chi connectivity index (χ4n) is 2.35. The van der Waals surface area contributed by atoms with Crippen molar-refractivity contribution in [2.45, 2.75) is 19.4 Å². The first-order valence-electron chi connectivity index (χ1n) is 7.80. The highest BCUT2D eigenvalue weighted by Gasteiger charge is 2.14. The maximum absolute atomic E-state index is 12.2. The molecule has 0 atom stereocenters. The molecule has 2 heterocycles. The van der Waals surface area contributed by atoms with E-state index in [1.165, 1.54) is 17.6 Å². The number of amides is 1. The van der Waals surface area contributed by atoms with Gasteiger partial charge in [0.25, 0.3) is 0 Å². The quantitative estimate of drug-likeness (QED) is 0.621. The highest BCUT2D eigenvalue weighted by Crippen LogP contribution is 2.20. The molecule has 0 aliphatic heterocycles. The van der Waals surface area contributed by atoms with Crippen molar-refractivity contribution in [3.63, 3.8) is 0 Å². The number of nitrogens with one attached hydrogen (secondary N) is 1. The maximum atomic E-state index is 12.2. The van der Waals surface area contributed by atoms with Gasteiger partial charge < -0.3 is 9.73 Å². The molecule has 1 amide bonds. The molecule has 4 nitrogen and oxygen atoms in total. The Hall–Kier alpha value is -2.37. The van der Waals surface area contributed by atoms with Crippen LogP contribution in [0.1, 0.15) is 32.3 Å². The molecule has 0 radical (unpaired) electrons. The molecule has 0 aliphatic rings. The normalized spacial score (nSPS) is 10.6. The second kappa shape index (κ2) is 8.14. The molecule has 0 fully saturated rings. The van der Waals surface area contributed by atoms with E-state index in [1.54, 1.807) is 18.2 Å². The van der Waals surface area contributed by atoms with Crippen LogP contribution in [0.5, 0.6) is 0 Å². The number of hydrogen-bond acceptors (Lipinski definition) is 4. The summed E-state index contributed by atoms with van der Waals surface area (Å²) in [6.45, 7) is 0.407. The SMILES string of the molecule is O=C(CCc1cccc(Cl)c1)NCc1ccc(C(=O)c2ccco2)s1. The van der Waals surface area contributed by atoms with Gasteiger partial charge in [0.05, 0.1) is 17.7 Å². The predicted molar refractivity (Wildman–Crippen MR) is 98.1 cm³/mol. The molecule has 0 saturated heterocycles. The van der Waals surface area contributed by atoms with Gasteiger partial charge in [0.2, 0.25) is 11.7 Å². The second-order valence-electron chi connectivity index (χ2n) is 5.48. The van der Waals surface area contributed by atoms with Gasteiger partial charge >= 0.3 is 0 Å². The summed E-state index contributed by atoms with van der Waals surface area (Å²) in [6.07, 6.45) is 2.50. The first kappa shape index (κ1) is 17.5. The van der Waals surface area contributed by atoms with Crippen molar-refractivity contribution in [2.75, 3.05) is 0 Å². The summed E-state index contributed by atoms with van der Waals surface area (Å²) in [4.78, 5) is 25.7. The lowest BCUT2D eigenvalue weighted by atomic mass is 10.1. The van der Waals surface area contributed by atoms with Crippen molar-refractivity contribution >= 4 is 34.6 Å². The molecule has 0 bridgehead atoms. The van der Waals surface area contributed by atoms with Gasteiger partial charge in [-0.05, 0) is 48.4 Å². The lowest BCUT2D eigenvalue weighted by Gasteiger charge is -2.04. The lowest BCUT2D eigenvalue weighted by molar-refractivity contribution is -0.121. The van der Waals surface area contributed by atoms with Crippen LogP contribution in [0, 0.1) is 0 Å². The Morgan fingerprint density at radius 1 is 1.12 bits per heavy atom. The van der Waals surface area contributed by atoms with Gasteiger partial charge in [-0.25, -0.2) is 0 Å². The minimum Gasteiger partial charge on any atom is -0.461 e. The molecule has 25 heavy (non-hydrogen) atoms. The Bertz CT molecular complexity index is 870. The molecular formula is C19H16ClNO3S. The monoisotopic (exact) mass is 373 g/mol. The van der Waals surface area contributed by atoms with Crippen molar-refractivity contribution in [3.8, 4) is 0 Å². The molecule has 1 N–H and O–H groups in total. The van der Waals surface area contributed by atoms with Crippen molar-refractivity contribution < 1.29 is 14.0 Å². The Morgan fingerprint density at radius 2 is 2.00 bits per heavy atom. The van der Waals surface area contributed by atoms with Crippen LogP contribution >= 0.6 is 22.9 Å². The molecule has 0 aliphatic carbocycles. The standard InChI is InChI=1S/C19H16ClNO3S/c20-14-4-1-3-13(11-14)6-9-18(22)21-12-15-7-8-17(25-15)19(23)16-5-2-10-24-16/h1-5,7-8,10-11H,6,9,12H2,(H,21,22). The fourth-order valence-corrected chi connectivity index (χ4v) is 3.45. The largest absolute Gasteiger partial charge is 0.461 e. The Labute approximate surface area is 154 Å². The first-order chi connectivity index (χ1) is 12.1. The lowest BCUT2D eigenvalue weighted by Crippen LogP contribution is -2.22. The highest BCUT2D eigenvalue weighted by atomic mass is 35.5. The zero-order valence-electron chi connectivity index (χ0n) is 13.3. The summed E-state index contributed by atoms with van der Waals surface area (Å²) in [7, 11) is 0. The third-order valence-corrected chi connectivity index (χ3v) is 4.94. The van der Waals surface area contributed by atoms with Gasteiger partial charge in [-0.15, -0.1) is 11.3 Å². The van der Waals surface area contributed by atoms with Crippen molar-refractivity contribution in [1.29, 1.82) is 0 Å². The van der Waals surface area contributed by atoms with Crippen LogP contribution in [0.4, 0.5) is 0 Å². The minimum atomic E-state index is -0.145. The van der Waals surface area contributed by atoms with E-state index in [-0.39, 0.29) is 11.7 Å². The summed E-state index contributed by atoms with van der Waals surface area (Å²) in [5, 5.41) is 3.55. The van der Waals surface area contributed by atoms with Crippen LogP contribution in [0.15, 0.2) is 59.2 Å². The van der Waals surface area contributed by atoms with Gasteiger partial charge in [-0.2, -0.15) is 0 Å². The van der Waals surface area contributed by atoms with E-state index < -0.39 is 0 Å². The van der Waals surface area contributed by atoms with Crippen LogP contribution in [-0.2, 0) is 17.8 Å². The number of halogens is 1.